The van der Waals surface area contributed by atoms with E-state index in [4.69, 9.17) is 11.6 Å². The summed E-state index contributed by atoms with van der Waals surface area (Å²) >= 11 is 5.96. The smallest absolute Gasteiger partial charge is 0.137 e. The summed E-state index contributed by atoms with van der Waals surface area (Å²) in [6.07, 6.45) is 6.24. The molecule has 2 bridgehead atoms. The summed E-state index contributed by atoms with van der Waals surface area (Å²) in [5, 5.41) is 0.362. The van der Waals surface area contributed by atoms with Gasteiger partial charge in [-0.3, -0.25) is 4.79 Å². The molecule has 0 spiro atoms. The van der Waals surface area contributed by atoms with Gasteiger partial charge in [-0.2, -0.15) is 0 Å². The lowest BCUT2D eigenvalue weighted by atomic mass is 9.84. The van der Waals surface area contributed by atoms with Gasteiger partial charge in [0.25, 0.3) is 0 Å². The zero-order chi connectivity index (χ0) is 13.4. The number of hydrogen-bond donors (Lipinski definition) is 0. The second-order valence-electron chi connectivity index (χ2n) is 6.09. The molecule has 2 aliphatic rings. The van der Waals surface area contributed by atoms with Gasteiger partial charge in [-0.1, -0.05) is 24.1 Å². The number of carbonyl (C=O) groups excluding carboxylic acids is 1. The molecular formula is C16H18ClFO. The fraction of sp³-hybridized carbons (Fsp3) is 0.562. The van der Waals surface area contributed by atoms with Crippen molar-refractivity contribution < 1.29 is 9.18 Å². The van der Waals surface area contributed by atoms with Gasteiger partial charge < -0.3 is 0 Å². The number of hydrogen-bond acceptors (Lipinski definition) is 1. The first-order chi connectivity index (χ1) is 9.11. The molecule has 1 aromatic rings. The normalized spacial score (nSPS) is 28.8. The van der Waals surface area contributed by atoms with Crippen LogP contribution >= 0.6 is 11.6 Å². The van der Waals surface area contributed by atoms with Gasteiger partial charge in [-0.15, -0.1) is 0 Å². The summed E-state index contributed by atoms with van der Waals surface area (Å²) < 4.78 is 12.9. The lowest BCUT2D eigenvalue weighted by Crippen LogP contribution is -2.16. The van der Waals surface area contributed by atoms with Gasteiger partial charge in [-0.05, 0) is 54.7 Å². The van der Waals surface area contributed by atoms with Crippen molar-refractivity contribution in [2.75, 3.05) is 0 Å². The van der Waals surface area contributed by atoms with Gasteiger partial charge in [0.15, 0.2) is 0 Å². The summed E-state index contributed by atoms with van der Waals surface area (Å²) in [4.78, 5) is 12.1. The molecular weight excluding hydrogens is 263 g/mol. The largest absolute Gasteiger partial charge is 0.299 e. The highest BCUT2D eigenvalue weighted by Crippen LogP contribution is 2.49. The number of fused-ring (bicyclic) bond motifs is 2. The van der Waals surface area contributed by atoms with Gasteiger partial charge in [-0.25, -0.2) is 4.39 Å². The van der Waals surface area contributed by atoms with E-state index in [1.807, 2.05) is 0 Å². The molecule has 3 heteroatoms. The Morgan fingerprint density at radius 1 is 1.32 bits per heavy atom. The molecule has 19 heavy (non-hydrogen) atoms. The van der Waals surface area contributed by atoms with Crippen molar-refractivity contribution in [3.63, 3.8) is 0 Å². The molecule has 0 heterocycles. The van der Waals surface area contributed by atoms with E-state index in [1.165, 1.54) is 37.8 Å². The third-order valence-corrected chi connectivity index (χ3v) is 5.13. The van der Waals surface area contributed by atoms with Crippen molar-refractivity contribution in [2.45, 2.75) is 38.5 Å². The van der Waals surface area contributed by atoms with Crippen LogP contribution in [0.15, 0.2) is 18.2 Å². The molecule has 1 aromatic carbocycles. The maximum atomic E-state index is 12.9. The highest BCUT2D eigenvalue weighted by molar-refractivity contribution is 6.31. The molecule has 0 amide bonds. The summed E-state index contributed by atoms with van der Waals surface area (Å²) in [6.45, 7) is 0. The standard InChI is InChI=1S/C16H18ClFO/c17-16-9-14(18)4-3-12(16)7-15(19)8-13-6-10-1-2-11(13)5-10/h3-4,9-11,13H,1-2,5-8H2. The Bertz CT molecular complexity index is 500. The van der Waals surface area contributed by atoms with Gasteiger partial charge in [0.2, 0.25) is 0 Å². The summed E-state index contributed by atoms with van der Waals surface area (Å²) in [7, 11) is 0. The minimum absolute atomic E-state index is 0.242. The average molecular weight is 281 g/mol. The van der Waals surface area contributed by atoms with Crippen LogP contribution in [0.2, 0.25) is 5.02 Å². The lowest BCUT2D eigenvalue weighted by Gasteiger charge is -2.20. The summed E-state index contributed by atoms with van der Waals surface area (Å²) in [5.41, 5.74) is 0.747. The predicted molar refractivity (Wildman–Crippen MR) is 73.7 cm³/mol. The van der Waals surface area contributed by atoms with E-state index in [0.717, 1.165) is 17.4 Å². The fourth-order valence-corrected chi connectivity index (χ4v) is 4.10. The molecule has 0 radical (unpaired) electrons. The summed E-state index contributed by atoms with van der Waals surface area (Å²) in [6, 6.07) is 4.27. The average Bonchev–Trinajstić information content (AvgIpc) is 2.95. The zero-order valence-corrected chi connectivity index (χ0v) is 11.6. The summed E-state index contributed by atoms with van der Waals surface area (Å²) in [5.74, 6) is 2.13. The number of Topliss-reactive ketones (excluding diaryl/α,β-unsaturated/α-hetero) is 1. The third kappa shape index (κ3) is 2.84. The Morgan fingerprint density at radius 2 is 2.16 bits per heavy atom. The van der Waals surface area contributed by atoms with Crippen LogP contribution in [0.4, 0.5) is 4.39 Å². The molecule has 3 rings (SSSR count). The zero-order valence-electron chi connectivity index (χ0n) is 10.9. The van der Waals surface area contributed by atoms with Crippen LogP contribution in [-0.4, -0.2) is 5.78 Å². The van der Waals surface area contributed by atoms with Gasteiger partial charge in [0.1, 0.15) is 11.6 Å². The van der Waals surface area contributed by atoms with Crippen LogP contribution in [0.5, 0.6) is 0 Å². The van der Waals surface area contributed by atoms with Crippen molar-refractivity contribution in [2.24, 2.45) is 17.8 Å². The fourth-order valence-electron chi connectivity index (χ4n) is 3.87. The molecule has 2 aliphatic carbocycles. The third-order valence-electron chi connectivity index (χ3n) is 4.78. The second-order valence-corrected chi connectivity index (χ2v) is 6.50. The Hall–Kier alpha value is -0.890. The lowest BCUT2D eigenvalue weighted by molar-refractivity contribution is -0.119. The first-order valence-corrected chi connectivity index (χ1v) is 7.45. The highest BCUT2D eigenvalue weighted by atomic mass is 35.5. The van der Waals surface area contributed by atoms with E-state index >= 15 is 0 Å². The molecule has 102 valence electrons. The monoisotopic (exact) mass is 280 g/mol. The molecule has 0 aliphatic heterocycles. The van der Waals surface area contributed by atoms with Crippen LogP contribution in [0.1, 0.15) is 37.7 Å². The minimum Gasteiger partial charge on any atom is -0.299 e. The first kappa shape index (κ1) is 13.1. The molecule has 2 fully saturated rings. The van der Waals surface area contributed by atoms with E-state index in [-0.39, 0.29) is 11.6 Å². The van der Waals surface area contributed by atoms with Crippen LogP contribution in [0.25, 0.3) is 0 Å². The van der Waals surface area contributed by atoms with Gasteiger partial charge in [0.05, 0.1) is 0 Å². The van der Waals surface area contributed by atoms with Crippen molar-refractivity contribution in [1.29, 1.82) is 0 Å². The number of benzene rings is 1. The predicted octanol–water partition coefficient (Wildman–Crippen LogP) is 4.42. The van der Waals surface area contributed by atoms with Crippen molar-refractivity contribution in [3.05, 3.63) is 34.6 Å². The Labute approximate surface area is 118 Å². The second kappa shape index (κ2) is 5.24. The molecule has 0 N–H and O–H groups in total. The van der Waals surface area contributed by atoms with E-state index in [1.54, 1.807) is 6.07 Å². The van der Waals surface area contributed by atoms with Crippen LogP contribution in [0.3, 0.4) is 0 Å². The Balaban J connectivity index is 1.59. The molecule has 2 saturated carbocycles. The van der Waals surface area contributed by atoms with Crippen LogP contribution in [0, 0.1) is 23.6 Å². The number of carbonyl (C=O) groups is 1. The molecule has 3 unspecified atom stereocenters. The highest BCUT2D eigenvalue weighted by Gasteiger charge is 2.39. The SMILES string of the molecule is O=C(Cc1ccc(F)cc1Cl)CC1CC2CCC1C2. The number of rotatable bonds is 4. The van der Waals surface area contributed by atoms with Crippen LogP contribution in [-0.2, 0) is 11.2 Å². The van der Waals surface area contributed by atoms with E-state index in [0.29, 0.717) is 23.8 Å². The van der Waals surface area contributed by atoms with Crippen molar-refractivity contribution in [3.8, 4) is 0 Å². The van der Waals surface area contributed by atoms with Crippen LogP contribution < -0.4 is 0 Å². The van der Waals surface area contributed by atoms with Crippen molar-refractivity contribution >= 4 is 17.4 Å². The minimum atomic E-state index is -0.352. The van der Waals surface area contributed by atoms with E-state index < -0.39 is 0 Å². The van der Waals surface area contributed by atoms with Gasteiger partial charge in [0, 0.05) is 17.9 Å². The number of ketones is 1. The molecule has 0 saturated heterocycles. The quantitative estimate of drug-likeness (QED) is 0.798. The number of halogens is 2. The topological polar surface area (TPSA) is 17.1 Å². The molecule has 0 aromatic heterocycles. The van der Waals surface area contributed by atoms with E-state index in [9.17, 15) is 9.18 Å². The molecule has 3 atom stereocenters. The van der Waals surface area contributed by atoms with Gasteiger partial charge >= 0.3 is 0 Å². The Morgan fingerprint density at radius 3 is 2.79 bits per heavy atom. The molecule has 1 nitrogen and oxygen atoms in total. The van der Waals surface area contributed by atoms with Crippen molar-refractivity contribution in [1.82, 2.24) is 0 Å². The maximum Gasteiger partial charge on any atom is 0.137 e. The Kier molecular flexibility index (Phi) is 3.62. The first-order valence-electron chi connectivity index (χ1n) is 7.07. The van der Waals surface area contributed by atoms with E-state index in [2.05, 4.69) is 0 Å². The maximum absolute atomic E-state index is 12.9.